The second-order valence-electron chi connectivity index (χ2n) is 2.71. The molecule has 0 bridgehead atoms. The van der Waals surface area contributed by atoms with E-state index in [1.165, 1.54) is 23.4 Å². The van der Waals surface area contributed by atoms with E-state index >= 15 is 0 Å². The average Bonchev–Trinajstić information content (AvgIpc) is 2.35. The minimum atomic E-state index is 0.638. The first kappa shape index (κ1) is 6.62. The number of thiazole rings is 1. The Morgan fingerprint density at radius 1 is 1.70 bits per heavy atom. The molecule has 1 aromatic heterocycles. The third-order valence-electron chi connectivity index (χ3n) is 1.97. The van der Waals surface area contributed by atoms with Crippen molar-refractivity contribution in [2.75, 3.05) is 0 Å². The van der Waals surface area contributed by atoms with E-state index < -0.39 is 0 Å². The minimum Gasteiger partial charge on any atom is -0.229 e. The summed E-state index contributed by atoms with van der Waals surface area (Å²) in [5, 5.41) is 0. The Labute approximate surface area is 69.0 Å². The van der Waals surface area contributed by atoms with Gasteiger partial charge in [0, 0.05) is 4.88 Å². The van der Waals surface area contributed by atoms with Gasteiger partial charge in [-0.05, 0) is 18.8 Å². The van der Waals surface area contributed by atoms with E-state index in [1.807, 2.05) is 0 Å². The van der Waals surface area contributed by atoms with Crippen LogP contribution in [0.3, 0.4) is 0 Å². The maximum atomic E-state index is 5.75. The van der Waals surface area contributed by atoms with Crippen LogP contribution in [0.2, 0.25) is 4.47 Å². The second kappa shape index (κ2) is 2.21. The van der Waals surface area contributed by atoms with Crippen molar-refractivity contribution in [3.05, 3.63) is 15.0 Å². The number of fused-ring (bicyclic) bond motifs is 1. The summed E-state index contributed by atoms with van der Waals surface area (Å²) in [6.45, 7) is 2.21. The van der Waals surface area contributed by atoms with Crippen LogP contribution in [0.25, 0.3) is 0 Å². The number of aromatic nitrogens is 1. The predicted octanol–water partition coefficient (Wildman–Crippen LogP) is 2.85. The Bertz CT molecular complexity index is 256. The van der Waals surface area contributed by atoms with Crippen molar-refractivity contribution < 1.29 is 0 Å². The van der Waals surface area contributed by atoms with E-state index in [0.717, 1.165) is 0 Å². The van der Waals surface area contributed by atoms with Crippen LogP contribution >= 0.6 is 22.9 Å². The first-order valence-corrected chi connectivity index (χ1v) is 4.62. The Kier molecular flexibility index (Phi) is 1.46. The van der Waals surface area contributed by atoms with E-state index in [9.17, 15) is 0 Å². The van der Waals surface area contributed by atoms with E-state index in [-0.39, 0.29) is 0 Å². The van der Waals surface area contributed by atoms with Gasteiger partial charge in [-0.25, -0.2) is 4.98 Å². The van der Waals surface area contributed by atoms with Crippen molar-refractivity contribution >= 4 is 22.9 Å². The molecule has 0 aliphatic heterocycles. The first-order valence-electron chi connectivity index (χ1n) is 3.42. The van der Waals surface area contributed by atoms with Gasteiger partial charge >= 0.3 is 0 Å². The number of hydrogen-bond donors (Lipinski definition) is 0. The monoisotopic (exact) mass is 173 g/mol. The molecule has 2 rings (SSSR count). The number of hydrogen-bond acceptors (Lipinski definition) is 2. The molecule has 0 saturated carbocycles. The van der Waals surface area contributed by atoms with Crippen molar-refractivity contribution in [2.24, 2.45) is 0 Å². The second-order valence-corrected chi connectivity index (χ2v) is 4.38. The molecule has 1 aromatic rings. The summed E-state index contributed by atoms with van der Waals surface area (Å²) in [4.78, 5) is 5.66. The Morgan fingerprint density at radius 3 is 3.20 bits per heavy atom. The Hall–Kier alpha value is -0.0800. The quantitative estimate of drug-likeness (QED) is 0.588. The molecule has 0 amide bonds. The van der Waals surface area contributed by atoms with Gasteiger partial charge in [-0.2, -0.15) is 0 Å². The van der Waals surface area contributed by atoms with Crippen LogP contribution in [0.4, 0.5) is 0 Å². The van der Waals surface area contributed by atoms with E-state index in [1.54, 1.807) is 11.3 Å². The van der Waals surface area contributed by atoms with Gasteiger partial charge in [0.05, 0.1) is 5.69 Å². The summed E-state index contributed by atoms with van der Waals surface area (Å²) < 4.78 is 0.705. The highest BCUT2D eigenvalue weighted by molar-refractivity contribution is 7.15. The highest BCUT2D eigenvalue weighted by Gasteiger charge is 2.22. The van der Waals surface area contributed by atoms with Crippen molar-refractivity contribution in [3.63, 3.8) is 0 Å². The van der Waals surface area contributed by atoms with Gasteiger partial charge in [0.25, 0.3) is 0 Å². The molecule has 1 aliphatic rings. The molecule has 1 heterocycles. The lowest BCUT2D eigenvalue weighted by Crippen LogP contribution is -1.85. The zero-order valence-electron chi connectivity index (χ0n) is 5.72. The molecular formula is C7H8ClNS. The SMILES string of the molecule is C[C@H]1CCc2sc(Cl)nc21. The smallest absolute Gasteiger partial charge is 0.184 e. The molecule has 0 fully saturated rings. The van der Waals surface area contributed by atoms with Crippen LogP contribution in [0.5, 0.6) is 0 Å². The zero-order valence-corrected chi connectivity index (χ0v) is 7.30. The summed E-state index contributed by atoms with van der Waals surface area (Å²) in [6.07, 6.45) is 2.44. The summed E-state index contributed by atoms with van der Waals surface area (Å²) in [5.41, 5.74) is 1.25. The molecule has 0 unspecified atom stereocenters. The van der Waals surface area contributed by atoms with Crippen LogP contribution in [0.1, 0.15) is 29.8 Å². The largest absolute Gasteiger partial charge is 0.229 e. The average molecular weight is 174 g/mol. The Balaban J connectivity index is 2.49. The lowest BCUT2D eigenvalue weighted by atomic mass is 10.1. The lowest BCUT2D eigenvalue weighted by Gasteiger charge is -1.95. The molecule has 3 heteroatoms. The molecule has 0 spiro atoms. The van der Waals surface area contributed by atoms with Crippen molar-refractivity contribution in [3.8, 4) is 0 Å². The number of halogens is 1. The molecule has 0 N–H and O–H groups in total. The van der Waals surface area contributed by atoms with E-state index in [4.69, 9.17) is 11.6 Å². The summed E-state index contributed by atoms with van der Waals surface area (Å²) in [5.74, 6) is 0.638. The highest BCUT2D eigenvalue weighted by Crippen LogP contribution is 2.37. The number of rotatable bonds is 0. The summed E-state index contributed by atoms with van der Waals surface area (Å²) >= 11 is 7.39. The van der Waals surface area contributed by atoms with Gasteiger partial charge in [0.2, 0.25) is 0 Å². The summed E-state index contributed by atoms with van der Waals surface area (Å²) in [6, 6.07) is 0. The van der Waals surface area contributed by atoms with Crippen LogP contribution in [0.15, 0.2) is 0 Å². The zero-order chi connectivity index (χ0) is 7.14. The topological polar surface area (TPSA) is 12.9 Å². The van der Waals surface area contributed by atoms with Crippen LogP contribution in [0, 0.1) is 0 Å². The molecule has 1 atom stereocenters. The molecule has 0 aromatic carbocycles. The van der Waals surface area contributed by atoms with Gasteiger partial charge in [-0.3, -0.25) is 0 Å². The summed E-state index contributed by atoms with van der Waals surface area (Å²) in [7, 11) is 0. The van der Waals surface area contributed by atoms with Gasteiger partial charge in [0.15, 0.2) is 4.47 Å². The van der Waals surface area contributed by atoms with Crippen molar-refractivity contribution in [1.29, 1.82) is 0 Å². The van der Waals surface area contributed by atoms with Gasteiger partial charge < -0.3 is 0 Å². The van der Waals surface area contributed by atoms with Crippen LogP contribution in [-0.2, 0) is 6.42 Å². The van der Waals surface area contributed by atoms with Gasteiger partial charge in [-0.1, -0.05) is 18.5 Å². The standard InChI is InChI=1S/C7H8ClNS/c1-4-2-3-5-6(4)9-7(8)10-5/h4H,2-3H2,1H3/t4-/m0/s1. The fourth-order valence-electron chi connectivity index (χ4n) is 1.38. The van der Waals surface area contributed by atoms with Gasteiger partial charge in [-0.15, -0.1) is 11.3 Å². The number of nitrogens with zero attached hydrogens (tertiary/aromatic N) is 1. The molecule has 0 saturated heterocycles. The minimum absolute atomic E-state index is 0.638. The van der Waals surface area contributed by atoms with Crippen LogP contribution < -0.4 is 0 Å². The van der Waals surface area contributed by atoms with E-state index in [2.05, 4.69) is 11.9 Å². The maximum absolute atomic E-state index is 5.75. The van der Waals surface area contributed by atoms with Crippen LogP contribution in [-0.4, -0.2) is 4.98 Å². The molecule has 54 valence electrons. The fraction of sp³-hybridized carbons (Fsp3) is 0.571. The predicted molar refractivity (Wildman–Crippen MR) is 43.9 cm³/mol. The molecule has 10 heavy (non-hydrogen) atoms. The van der Waals surface area contributed by atoms with Crippen molar-refractivity contribution in [2.45, 2.75) is 25.7 Å². The first-order chi connectivity index (χ1) is 4.77. The highest BCUT2D eigenvalue weighted by atomic mass is 35.5. The lowest BCUT2D eigenvalue weighted by molar-refractivity contribution is 0.731. The third-order valence-corrected chi connectivity index (χ3v) is 3.21. The van der Waals surface area contributed by atoms with E-state index in [0.29, 0.717) is 10.4 Å². The molecule has 1 aliphatic carbocycles. The number of aryl methyl sites for hydroxylation is 1. The molecule has 1 nitrogen and oxygen atoms in total. The molecular weight excluding hydrogens is 166 g/mol. The maximum Gasteiger partial charge on any atom is 0.184 e. The Morgan fingerprint density at radius 2 is 2.50 bits per heavy atom. The fourth-order valence-corrected chi connectivity index (χ4v) is 2.67. The van der Waals surface area contributed by atoms with Gasteiger partial charge in [0.1, 0.15) is 0 Å². The molecule has 0 radical (unpaired) electrons. The van der Waals surface area contributed by atoms with Crippen molar-refractivity contribution in [1.82, 2.24) is 4.98 Å². The normalized spacial score (nSPS) is 23.2. The third kappa shape index (κ3) is 0.867.